The van der Waals surface area contributed by atoms with E-state index >= 15 is 0 Å². The lowest BCUT2D eigenvalue weighted by molar-refractivity contribution is 0.658. The second-order valence-corrected chi connectivity index (χ2v) is 13.7. The number of rotatable bonds is 1. The third-order valence-electron chi connectivity index (χ3n) is 10.7. The molecule has 2 nitrogen and oxygen atoms in total. The molecule has 2 heterocycles. The van der Waals surface area contributed by atoms with Gasteiger partial charge in [0.1, 0.15) is 11.2 Å². The van der Waals surface area contributed by atoms with Crippen LogP contribution in [0.1, 0.15) is 49.9 Å². The molecule has 0 N–H and O–H groups in total. The predicted octanol–water partition coefficient (Wildman–Crippen LogP) is 11.3. The summed E-state index contributed by atoms with van der Waals surface area (Å²) in [6.45, 7) is 9.69. The molecule has 0 saturated heterocycles. The second-order valence-electron chi connectivity index (χ2n) is 13.7. The first-order valence-electron chi connectivity index (χ1n) is 15.6. The Morgan fingerprint density at radius 1 is 0.523 bits per heavy atom. The molecular weight excluding hydrogens is 534 g/mol. The number of benzene rings is 6. The summed E-state index contributed by atoms with van der Waals surface area (Å²) in [6.07, 6.45) is 0. The molecule has 0 amide bonds. The fourth-order valence-corrected chi connectivity index (χ4v) is 8.88. The summed E-state index contributed by atoms with van der Waals surface area (Å²) in [4.78, 5) is 0. The Bertz CT molecular complexity index is 2550. The van der Waals surface area contributed by atoms with Crippen molar-refractivity contribution in [3.8, 4) is 27.9 Å². The minimum Gasteiger partial charge on any atom is -0.456 e. The Morgan fingerprint density at radius 3 is 1.84 bits per heavy atom. The van der Waals surface area contributed by atoms with E-state index in [1.165, 1.54) is 66.3 Å². The van der Waals surface area contributed by atoms with E-state index in [-0.39, 0.29) is 10.8 Å². The molecule has 0 fully saturated rings. The van der Waals surface area contributed by atoms with Gasteiger partial charge in [0, 0.05) is 38.1 Å². The van der Waals surface area contributed by atoms with Gasteiger partial charge in [-0.05, 0) is 74.8 Å². The molecule has 8 aromatic rings. The van der Waals surface area contributed by atoms with E-state index in [0.717, 1.165) is 27.6 Å². The highest BCUT2D eigenvalue weighted by Crippen LogP contribution is 2.63. The van der Waals surface area contributed by atoms with Crippen molar-refractivity contribution in [2.24, 2.45) is 0 Å². The molecule has 210 valence electrons. The third-order valence-corrected chi connectivity index (χ3v) is 10.7. The minimum atomic E-state index is -0.181. The normalized spacial score (nSPS) is 15.6. The summed E-state index contributed by atoms with van der Waals surface area (Å²) in [5.41, 5.74) is 16.5. The number of fused-ring (bicyclic) bond motifs is 15. The fourth-order valence-electron chi connectivity index (χ4n) is 8.88. The van der Waals surface area contributed by atoms with Gasteiger partial charge in [0.2, 0.25) is 0 Å². The average Bonchev–Trinajstić information content (AvgIpc) is 3.72. The number of hydrogen-bond donors (Lipinski definition) is 0. The van der Waals surface area contributed by atoms with Crippen molar-refractivity contribution >= 4 is 43.7 Å². The van der Waals surface area contributed by atoms with Crippen LogP contribution in [0.5, 0.6) is 0 Å². The number of furan rings is 1. The van der Waals surface area contributed by atoms with Gasteiger partial charge in [-0.15, -0.1) is 0 Å². The molecule has 10 rings (SSSR count). The molecule has 6 aromatic carbocycles. The Balaban J connectivity index is 1.47. The van der Waals surface area contributed by atoms with Crippen molar-refractivity contribution < 1.29 is 4.42 Å². The maximum atomic E-state index is 6.26. The van der Waals surface area contributed by atoms with Crippen LogP contribution in [0.25, 0.3) is 71.7 Å². The van der Waals surface area contributed by atoms with Gasteiger partial charge in [-0.25, -0.2) is 0 Å². The monoisotopic (exact) mass is 565 g/mol. The minimum absolute atomic E-state index is 0.152. The van der Waals surface area contributed by atoms with Crippen molar-refractivity contribution in [2.75, 3.05) is 0 Å². The molecule has 2 heteroatoms. The molecule has 2 aliphatic rings. The molecular formula is C42H31NO. The Hall–Kier alpha value is -5.08. The maximum Gasteiger partial charge on any atom is 0.135 e. The quantitative estimate of drug-likeness (QED) is 0.194. The summed E-state index contributed by atoms with van der Waals surface area (Å²) in [7, 11) is 0. The van der Waals surface area contributed by atoms with Gasteiger partial charge in [-0.1, -0.05) is 113 Å². The van der Waals surface area contributed by atoms with Crippen molar-refractivity contribution in [1.29, 1.82) is 0 Å². The molecule has 44 heavy (non-hydrogen) atoms. The Labute approximate surface area is 256 Å². The molecule has 0 spiro atoms. The van der Waals surface area contributed by atoms with Crippen LogP contribution in [0, 0.1) is 0 Å². The lowest BCUT2D eigenvalue weighted by atomic mass is 9.76. The topological polar surface area (TPSA) is 18.1 Å². The number of aromatic nitrogens is 1. The van der Waals surface area contributed by atoms with E-state index in [1.807, 2.05) is 6.07 Å². The highest BCUT2D eigenvalue weighted by Gasteiger charge is 2.47. The van der Waals surface area contributed by atoms with Crippen LogP contribution in [0.15, 0.2) is 120 Å². The van der Waals surface area contributed by atoms with Crippen LogP contribution < -0.4 is 0 Å². The van der Waals surface area contributed by atoms with Gasteiger partial charge in [0.15, 0.2) is 0 Å². The van der Waals surface area contributed by atoms with Gasteiger partial charge in [-0.2, -0.15) is 0 Å². The number of para-hydroxylation sites is 2. The summed E-state index contributed by atoms with van der Waals surface area (Å²) in [6, 6.07) is 42.3. The molecule has 2 aliphatic carbocycles. The van der Waals surface area contributed by atoms with Crippen molar-refractivity contribution in [3.63, 3.8) is 0 Å². The van der Waals surface area contributed by atoms with E-state index in [9.17, 15) is 0 Å². The van der Waals surface area contributed by atoms with Crippen LogP contribution in [-0.2, 0) is 10.8 Å². The van der Waals surface area contributed by atoms with E-state index < -0.39 is 0 Å². The molecule has 0 unspecified atom stereocenters. The largest absolute Gasteiger partial charge is 0.456 e. The Morgan fingerprint density at radius 2 is 1.09 bits per heavy atom. The zero-order valence-electron chi connectivity index (χ0n) is 25.3. The second kappa shape index (κ2) is 7.89. The summed E-state index contributed by atoms with van der Waals surface area (Å²) in [5, 5.41) is 5.00. The maximum absolute atomic E-state index is 6.26. The average molecular weight is 566 g/mol. The first kappa shape index (κ1) is 24.4. The highest BCUT2D eigenvalue weighted by molar-refractivity contribution is 6.20. The lowest BCUT2D eigenvalue weighted by Crippen LogP contribution is -2.19. The van der Waals surface area contributed by atoms with E-state index in [2.05, 4.69) is 141 Å². The van der Waals surface area contributed by atoms with Gasteiger partial charge >= 0.3 is 0 Å². The first-order chi connectivity index (χ1) is 21.4. The van der Waals surface area contributed by atoms with Gasteiger partial charge in [0.05, 0.1) is 11.0 Å². The Kier molecular flexibility index (Phi) is 4.37. The van der Waals surface area contributed by atoms with E-state index in [4.69, 9.17) is 4.42 Å². The molecule has 0 atom stereocenters. The van der Waals surface area contributed by atoms with Crippen LogP contribution in [0.4, 0.5) is 0 Å². The van der Waals surface area contributed by atoms with Crippen LogP contribution in [0.2, 0.25) is 0 Å². The number of hydrogen-bond acceptors (Lipinski definition) is 1. The summed E-state index contributed by atoms with van der Waals surface area (Å²) in [5.74, 6) is 0. The predicted molar refractivity (Wildman–Crippen MR) is 183 cm³/mol. The van der Waals surface area contributed by atoms with Gasteiger partial charge in [0.25, 0.3) is 0 Å². The molecule has 0 radical (unpaired) electrons. The third kappa shape index (κ3) is 2.74. The smallest absolute Gasteiger partial charge is 0.135 e. The zero-order valence-corrected chi connectivity index (χ0v) is 25.3. The summed E-state index contributed by atoms with van der Waals surface area (Å²) >= 11 is 0. The standard InChI is InChI=1S/C42H31NO/c1-41(2)30-17-9-5-14-26(30)35-36-27-15-6-10-18-31(27)42(3,4)39(36)40-37(38(35)41)28-16-7-11-19-32(28)43(40)24-21-22-34-29(23-24)25-13-8-12-20-33(25)44-34/h5-23H,1-4H3. The van der Waals surface area contributed by atoms with Crippen LogP contribution in [0.3, 0.4) is 0 Å². The molecule has 0 aliphatic heterocycles. The highest BCUT2D eigenvalue weighted by atomic mass is 16.3. The van der Waals surface area contributed by atoms with E-state index in [0.29, 0.717) is 0 Å². The van der Waals surface area contributed by atoms with Gasteiger partial charge < -0.3 is 8.98 Å². The van der Waals surface area contributed by atoms with Crippen molar-refractivity contribution in [2.45, 2.75) is 38.5 Å². The first-order valence-corrected chi connectivity index (χ1v) is 15.6. The summed E-state index contributed by atoms with van der Waals surface area (Å²) < 4.78 is 8.82. The molecule has 0 saturated carbocycles. The number of nitrogens with zero attached hydrogens (tertiary/aromatic N) is 1. The fraction of sp³-hybridized carbons (Fsp3) is 0.143. The van der Waals surface area contributed by atoms with E-state index in [1.54, 1.807) is 0 Å². The van der Waals surface area contributed by atoms with Crippen molar-refractivity contribution in [3.05, 3.63) is 138 Å². The van der Waals surface area contributed by atoms with Crippen LogP contribution >= 0.6 is 0 Å². The lowest BCUT2D eigenvalue weighted by Gasteiger charge is -2.27. The molecule has 2 aromatic heterocycles. The molecule has 0 bridgehead atoms. The zero-order chi connectivity index (χ0) is 29.5. The van der Waals surface area contributed by atoms with Crippen molar-refractivity contribution in [1.82, 2.24) is 4.57 Å². The van der Waals surface area contributed by atoms with Gasteiger partial charge in [-0.3, -0.25) is 0 Å². The van der Waals surface area contributed by atoms with Crippen LogP contribution in [-0.4, -0.2) is 4.57 Å². The SMILES string of the molecule is CC1(C)c2ccccc2-c2c3c(c4c(c21)c1ccccc1n4-c1ccc2oc4ccccc4c2c1)C(C)(C)c1ccccc1-3.